The van der Waals surface area contributed by atoms with E-state index in [1.165, 1.54) is 29.8 Å². The second-order valence-corrected chi connectivity index (χ2v) is 7.86. The Hall–Kier alpha value is -2.67. The first-order valence-electron chi connectivity index (χ1n) is 7.85. The third-order valence-electron chi connectivity index (χ3n) is 3.81. The third-order valence-corrected chi connectivity index (χ3v) is 5.46. The van der Waals surface area contributed by atoms with Crippen LogP contribution in [0.15, 0.2) is 68.5 Å². The summed E-state index contributed by atoms with van der Waals surface area (Å²) in [5.41, 5.74) is 4.46. The minimum absolute atomic E-state index is 0.0290. The predicted molar refractivity (Wildman–Crippen MR) is 93.9 cm³/mol. The molecule has 1 N–H and O–H groups in total. The van der Waals surface area contributed by atoms with E-state index in [2.05, 4.69) is 10.5 Å². The summed E-state index contributed by atoms with van der Waals surface area (Å²) in [5.74, 6) is -0.575. The molecule has 1 aliphatic rings. The van der Waals surface area contributed by atoms with Crippen molar-refractivity contribution in [2.24, 2.45) is 5.10 Å². The molecule has 0 radical (unpaired) electrons. The number of nitrogens with one attached hydrogen (secondary N) is 1. The maximum atomic E-state index is 12.3. The van der Waals surface area contributed by atoms with Gasteiger partial charge in [0.05, 0.1) is 10.6 Å². The molecular weight excluding hydrogens is 340 g/mol. The molecule has 1 heterocycles. The summed E-state index contributed by atoms with van der Waals surface area (Å²) >= 11 is 0. The summed E-state index contributed by atoms with van der Waals surface area (Å²) in [6.45, 7) is 2.01. The SMILES string of the molecule is CC1=C/C(=N/NC(=O)c2ccc(CS(=O)(=O)c3ccccc3)o2)CC1. The Kier molecular flexibility index (Phi) is 4.85. The molecule has 7 heteroatoms. The van der Waals surface area contributed by atoms with Crippen molar-refractivity contribution < 1.29 is 17.6 Å². The van der Waals surface area contributed by atoms with Crippen molar-refractivity contribution >= 4 is 21.5 Å². The number of hydrogen-bond donors (Lipinski definition) is 1. The number of carbonyl (C=O) groups is 1. The topological polar surface area (TPSA) is 88.7 Å². The van der Waals surface area contributed by atoms with E-state index >= 15 is 0 Å². The number of hydrazone groups is 1. The van der Waals surface area contributed by atoms with Crippen molar-refractivity contribution in [3.8, 4) is 0 Å². The third kappa shape index (κ3) is 4.24. The second kappa shape index (κ2) is 7.06. The molecule has 130 valence electrons. The highest BCUT2D eigenvalue weighted by Gasteiger charge is 2.19. The molecule has 1 aromatic carbocycles. The number of amides is 1. The molecule has 6 nitrogen and oxygen atoms in total. The van der Waals surface area contributed by atoms with Crippen LogP contribution in [-0.4, -0.2) is 20.0 Å². The maximum absolute atomic E-state index is 12.3. The molecule has 1 aromatic heterocycles. The van der Waals surface area contributed by atoms with E-state index in [4.69, 9.17) is 4.42 Å². The molecule has 2 aromatic rings. The molecule has 0 fully saturated rings. The zero-order valence-electron chi connectivity index (χ0n) is 13.7. The first-order valence-corrected chi connectivity index (χ1v) is 9.50. The maximum Gasteiger partial charge on any atom is 0.307 e. The Morgan fingerprint density at radius 1 is 1.16 bits per heavy atom. The fraction of sp³-hybridized carbons (Fsp3) is 0.222. The Balaban J connectivity index is 1.67. The number of furan rings is 1. The average Bonchev–Trinajstić information content (AvgIpc) is 3.22. The number of nitrogens with zero attached hydrogens (tertiary/aromatic N) is 1. The fourth-order valence-corrected chi connectivity index (χ4v) is 3.76. The monoisotopic (exact) mass is 358 g/mol. The lowest BCUT2D eigenvalue weighted by Gasteiger charge is -2.02. The van der Waals surface area contributed by atoms with Crippen LogP contribution in [-0.2, 0) is 15.6 Å². The quantitative estimate of drug-likeness (QED) is 0.832. The molecule has 1 aliphatic carbocycles. The fourth-order valence-electron chi connectivity index (χ4n) is 2.50. The average molecular weight is 358 g/mol. The number of sulfone groups is 1. The van der Waals surface area contributed by atoms with E-state index in [1.807, 2.05) is 13.0 Å². The van der Waals surface area contributed by atoms with Gasteiger partial charge in [-0.25, -0.2) is 13.8 Å². The van der Waals surface area contributed by atoms with Gasteiger partial charge in [-0.2, -0.15) is 5.10 Å². The van der Waals surface area contributed by atoms with Gasteiger partial charge in [-0.05, 0) is 50.1 Å². The van der Waals surface area contributed by atoms with E-state index < -0.39 is 15.7 Å². The van der Waals surface area contributed by atoms with Gasteiger partial charge in [0.1, 0.15) is 11.5 Å². The summed E-state index contributed by atoms with van der Waals surface area (Å²) in [7, 11) is -3.52. The Labute approximate surface area is 146 Å². The Bertz CT molecular complexity index is 940. The van der Waals surface area contributed by atoms with Crippen LogP contribution in [0.3, 0.4) is 0 Å². The number of hydrogen-bond acceptors (Lipinski definition) is 5. The Morgan fingerprint density at radius 3 is 2.60 bits per heavy atom. The molecule has 0 aliphatic heterocycles. The van der Waals surface area contributed by atoms with Gasteiger partial charge in [0.15, 0.2) is 15.6 Å². The van der Waals surface area contributed by atoms with Crippen molar-refractivity contribution in [2.75, 3.05) is 0 Å². The molecule has 0 atom stereocenters. The van der Waals surface area contributed by atoms with E-state index in [-0.39, 0.29) is 22.2 Å². The normalized spacial score (nSPS) is 16.0. The molecule has 0 unspecified atom stereocenters. The van der Waals surface area contributed by atoms with E-state index in [1.54, 1.807) is 18.2 Å². The number of benzene rings is 1. The first kappa shape index (κ1) is 17.2. The van der Waals surface area contributed by atoms with Crippen molar-refractivity contribution in [2.45, 2.75) is 30.4 Å². The molecule has 0 bridgehead atoms. The van der Waals surface area contributed by atoms with Crippen LogP contribution >= 0.6 is 0 Å². The van der Waals surface area contributed by atoms with Gasteiger partial charge in [-0.15, -0.1) is 0 Å². The van der Waals surface area contributed by atoms with E-state index in [0.29, 0.717) is 0 Å². The molecule has 3 rings (SSSR count). The second-order valence-electron chi connectivity index (χ2n) is 5.87. The summed E-state index contributed by atoms with van der Waals surface area (Å²) in [6.07, 6.45) is 3.67. The largest absolute Gasteiger partial charge is 0.455 e. The van der Waals surface area contributed by atoms with Gasteiger partial charge < -0.3 is 4.42 Å². The smallest absolute Gasteiger partial charge is 0.307 e. The van der Waals surface area contributed by atoms with Crippen LogP contribution in [0.5, 0.6) is 0 Å². The zero-order chi connectivity index (χ0) is 17.9. The summed E-state index contributed by atoms with van der Waals surface area (Å²) < 4.78 is 30.0. The van der Waals surface area contributed by atoms with Gasteiger partial charge >= 0.3 is 5.91 Å². The highest BCUT2D eigenvalue weighted by Crippen LogP contribution is 2.18. The Morgan fingerprint density at radius 2 is 1.92 bits per heavy atom. The van der Waals surface area contributed by atoms with E-state index in [0.717, 1.165) is 18.6 Å². The molecule has 0 saturated carbocycles. The van der Waals surface area contributed by atoms with Crippen LogP contribution in [0.2, 0.25) is 0 Å². The van der Waals surface area contributed by atoms with Crippen molar-refractivity contribution in [3.63, 3.8) is 0 Å². The van der Waals surface area contributed by atoms with Crippen molar-refractivity contribution in [3.05, 3.63) is 65.6 Å². The summed E-state index contributed by atoms with van der Waals surface area (Å²) in [6, 6.07) is 11.1. The highest BCUT2D eigenvalue weighted by molar-refractivity contribution is 7.90. The van der Waals surface area contributed by atoms with Crippen molar-refractivity contribution in [1.82, 2.24) is 5.43 Å². The number of rotatable bonds is 5. The molecule has 0 saturated heterocycles. The van der Waals surface area contributed by atoms with Gasteiger partial charge in [0, 0.05) is 0 Å². The zero-order valence-corrected chi connectivity index (χ0v) is 14.5. The predicted octanol–water partition coefficient (Wildman–Crippen LogP) is 3.08. The van der Waals surface area contributed by atoms with Crippen molar-refractivity contribution in [1.29, 1.82) is 0 Å². The van der Waals surface area contributed by atoms with E-state index in [9.17, 15) is 13.2 Å². The molecule has 1 amide bonds. The van der Waals surface area contributed by atoms with Gasteiger partial charge in [-0.3, -0.25) is 4.79 Å². The van der Waals surface area contributed by atoms with Crippen LogP contribution < -0.4 is 5.43 Å². The number of allylic oxidation sites excluding steroid dienone is 2. The lowest BCUT2D eigenvalue weighted by atomic mass is 10.3. The minimum Gasteiger partial charge on any atom is -0.455 e. The molecule has 0 spiro atoms. The minimum atomic E-state index is -3.52. The molecule has 25 heavy (non-hydrogen) atoms. The van der Waals surface area contributed by atoms with Crippen LogP contribution in [0.4, 0.5) is 0 Å². The van der Waals surface area contributed by atoms with Gasteiger partial charge in [0.25, 0.3) is 0 Å². The lowest BCUT2D eigenvalue weighted by Crippen LogP contribution is -2.18. The summed E-state index contributed by atoms with van der Waals surface area (Å²) in [5, 5.41) is 4.04. The first-order chi connectivity index (χ1) is 11.9. The van der Waals surface area contributed by atoms with Crippen LogP contribution in [0.1, 0.15) is 36.1 Å². The standard InChI is InChI=1S/C18H18N2O4S/c1-13-7-8-14(11-13)19-20-18(21)17-10-9-15(24-17)12-25(22,23)16-5-3-2-4-6-16/h2-6,9-11H,7-8,12H2,1H3,(H,20,21)/b19-14+. The summed E-state index contributed by atoms with van der Waals surface area (Å²) in [4.78, 5) is 12.3. The van der Waals surface area contributed by atoms with Gasteiger partial charge in [-0.1, -0.05) is 23.8 Å². The molecular formula is C18H18N2O4S. The lowest BCUT2D eigenvalue weighted by molar-refractivity contribution is 0.0925. The van der Waals surface area contributed by atoms with Crippen LogP contribution in [0.25, 0.3) is 0 Å². The highest BCUT2D eigenvalue weighted by atomic mass is 32.2. The van der Waals surface area contributed by atoms with Crippen LogP contribution in [0, 0.1) is 0 Å². The van der Waals surface area contributed by atoms with Gasteiger partial charge in [0.2, 0.25) is 0 Å². The number of carbonyl (C=O) groups excluding carboxylic acids is 1.